The highest BCUT2D eigenvalue weighted by molar-refractivity contribution is 4.10. The molecule has 7 heteroatoms. The molecular formula is C2H9N3O4. The molecule has 0 fully saturated rings. The first-order valence-electron chi connectivity index (χ1n) is 2.05. The van der Waals surface area contributed by atoms with Gasteiger partial charge in [-0.15, -0.1) is 15.3 Å². The molecule has 0 bridgehead atoms. The molecule has 4 N–H and O–H groups in total. The van der Waals surface area contributed by atoms with E-state index in [0.717, 1.165) is 0 Å². The molecule has 0 unspecified atom stereocenters. The van der Waals surface area contributed by atoms with Crippen molar-refractivity contribution in [2.24, 2.45) is 5.84 Å². The van der Waals surface area contributed by atoms with Crippen LogP contribution in [-0.2, 0) is 0 Å². The van der Waals surface area contributed by atoms with Crippen molar-refractivity contribution in [3.05, 3.63) is 10.1 Å². The molecule has 0 aromatic carbocycles. The first-order chi connectivity index (χ1) is 4.00. The highest BCUT2D eigenvalue weighted by Crippen LogP contribution is 1.56. The van der Waals surface area contributed by atoms with Gasteiger partial charge in [0.1, 0.15) is 0 Å². The van der Waals surface area contributed by atoms with Crippen LogP contribution in [0.4, 0.5) is 0 Å². The molecule has 0 amide bonds. The van der Waals surface area contributed by atoms with Crippen molar-refractivity contribution in [3.8, 4) is 0 Å². The van der Waals surface area contributed by atoms with Crippen LogP contribution in [0.3, 0.4) is 0 Å². The van der Waals surface area contributed by atoms with E-state index in [9.17, 15) is 0 Å². The normalized spacial score (nSPS) is 8.00. The number of hydrogen-bond donors (Lipinski definition) is 3. The minimum absolute atomic E-state index is 0.472. The first kappa shape index (κ1) is 11.0. The molecule has 0 heterocycles. The fraction of sp³-hybridized carbons (Fsp3) is 1.00. The summed E-state index contributed by atoms with van der Waals surface area (Å²) in [6.07, 6.45) is 0. The van der Waals surface area contributed by atoms with Crippen LogP contribution in [0.25, 0.3) is 0 Å². The Labute approximate surface area is 51.3 Å². The summed E-state index contributed by atoms with van der Waals surface area (Å²) in [4.78, 5) is 8.36. The highest BCUT2D eigenvalue weighted by atomic mass is 16.9. The predicted molar refractivity (Wildman–Crippen MR) is 27.1 cm³/mol. The Balaban J connectivity index is 0. The van der Waals surface area contributed by atoms with E-state index in [0.29, 0.717) is 11.7 Å². The fourth-order valence-electron chi connectivity index (χ4n) is 0. The van der Waals surface area contributed by atoms with Crippen molar-refractivity contribution in [1.29, 1.82) is 0 Å². The Morgan fingerprint density at radius 2 is 2.00 bits per heavy atom. The SMILES string of the molecule is CCN(N)O.O=[N+]([O-])O. The maximum absolute atomic E-state index is 8.36. The zero-order valence-corrected chi connectivity index (χ0v) is 4.89. The smallest absolute Gasteiger partial charge is 0.291 e. The average molecular weight is 139 g/mol. The molecule has 9 heavy (non-hydrogen) atoms. The third-order valence-corrected chi connectivity index (χ3v) is 0.324. The lowest BCUT2D eigenvalue weighted by Gasteiger charge is -1.97. The van der Waals surface area contributed by atoms with Crippen LogP contribution < -0.4 is 5.84 Å². The summed E-state index contributed by atoms with van der Waals surface area (Å²) in [7, 11) is 0. The monoisotopic (exact) mass is 139 g/mol. The van der Waals surface area contributed by atoms with Crippen LogP contribution in [0.15, 0.2) is 0 Å². The predicted octanol–water partition coefficient (Wildman–Crippen LogP) is -0.776. The van der Waals surface area contributed by atoms with Gasteiger partial charge in [-0.25, -0.2) is 5.84 Å². The largest absolute Gasteiger partial charge is 0.328 e. The zero-order chi connectivity index (χ0) is 7.86. The van der Waals surface area contributed by atoms with E-state index >= 15 is 0 Å². The van der Waals surface area contributed by atoms with Crippen LogP contribution in [-0.4, -0.2) is 27.2 Å². The van der Waals surface area contributed by atoms with E-state index in [1.165, 1.54) is 0 Å². The highest BCUT2D eigenvalue weighted by Gasteiger charge is 1.74. The molecule has 0 aliphatic heterocycles. The lowest BCUT2D eigenvalue weighted by Crippen LogP contribution is -2.25. The minimum atomic E-state index is -1.50. The van der Waals surface area contributed by atoms with E-state index < -0.39 is 5.09 Å². The Morgan fingerprint density at radius 3 is 2.00 bits per heavy atom. The van der Waals surface area contributed by atoms with Crippen LogP contribution in [0.5, 0.6) is 0 Å². The molecule has 7 nitrogen and oxygen atoms in total. The van der Waals surface area contributed by atoms with Crippen LogP contribution in [0.1, 0.15) is 6.92 Å². The number of nitrogens with zero attached hydrogens (tertiary/aromatic N) is 2. The minimum Gasteiger partial charge on any atom is -0.328 e. The van der Waals surface area contributed by atoms with Crippen molar-refractivity contribution >= 4 is 0 Å². The summed E-state index contributed by atoms with van der Waals surface area (Å²) in [5, 5.41) is 22.2. The lowest BCUT2D eigenvalue weighted by molar-refractivity contribution is -0.742. The number of hydroxylamine groups is 1. The Bertz CT molecular complexity index is 70.2. The van der Waals surface area contributed by atoms with Crippen molar-refractivity contribution in [2.75, 3.05) is 6.54 Å². The molecule has 0 spiro atoms. The lowest BCUT2D eigenvalue weighted by atomic mass is 10.8. The maximum atomic E-state index is 8.36. The van der Waals surface area contributed by atoms with E-state index in [1.807, 2.05) is 0 Å². The van der Waals surface area contributed by atoms with Gasteiger partial charge in [-0.05, 0) is 6.92 Å². The van der Waals surface area contributed by atoms with Gasteiger partial charge in [0, 0.05) is 6.54 Å². The quantitative estimate of drug-likeness (QED) is 0.249. The van der Waals surface area contributed by atoms with Crippen molar-refractivity contribution in [1.82, 2.24) is 5.17 Å². The van der Waals surface area contributed by atoms with Gasteiger partial charge in [0.25, 0.3) is 5.09 Å². The number of hydrazine groups is 1. The molecule has 0 aliphatic carbocycles. The van der Waals surface area contributed by atoms with E-state index in [4.69, 9.17) is 20.5 Å². The molecule has 0 saturated carbocycles. The third kappa shape index (κ3) is 157. The topological polar surface area (TPSA) is 113 Å². The number of hydrogen-bond acceptors (Lipinski definition) is 5. The van der Waals surface area contributed by atoms with Gasteiger partial charge >= 0.3 is 0 Å². The van der Waals surface area contributed by atoms with Crippen LogP contribution >= 0.6 is 0 Å². The Morgan fingerprint density at radius 1 is 1.89 bits per heavy atom. The fourth-order valence-corrected chi connectivity index (χ4v) is 0. The van der Waals surface area contributed by atoms with E-state index in [-0.39, 0.29) is 0 Å². The number of rotatable bonds is 1. The summed E-state index contributed by atoms with van der Waals surface area (Å²) < 4.78 is 0. The summed E-state index contributed by atoms with van der Waals surface area (Å²) in [6.45, 7) is 2.22. The van der Waals surface area contributed by atoms with E-state index in [2.05, 4.69) is 5.84 Å². The summed E-state index contributed by atoms with van der Waals surface area (Å²) in [5.74, 6) is 4.68. The van der Waals surface area contributed by atoms with Crippen LogP contribution in [0.2, 0.25) is 0 Å². The first-order valence-corrected chi connectivity index (χ1v) is 2.05. The van der Waals surface area contributed by atoms with Gasteiger partial charge < -0.3 is 5.21 Å². The van der Waals surface area contributed by atoms with E-state index in [1.54, 1.807) is 6.92 Å². The van der Waals surface area contributed by atoms with Gasteiger partial charge in [0.2, 0.25) is 0 Å². The van der Waals surface area contributed by atoms with Gasteiger partial charge in [0.05, 0.1) is 0 Å². The van der Waals surface area contributed by atoms with Crippen molar-refractivity contribution < 1.29 is 15.5 Å². The van der Waals surface area contributed by atoms with Gasteiger partial charge in [0.15, 0.2) is 0 Å². The average Bonchev–Trinajstić information content (AvgIpc) is 1.65. The molecular weight excluding hydrogens is 130 g/mol. The molecule has 0 saturated heterocycles. The Hall–Kier alpha value is -0.920. The van der Waals surface area contributed by atoms with Crippen molar-refractivity contribution in [3.63, 3.8) is 0 Å². The summed E-state index contributed by atoms with van der Waals surface area (Å²) in [5.41, 5.74) is 0. The molecule has 0 aromatic heterocycles. The van der Waals surface area contributed by atoms with Gasteiger partial charge in [-0.3, -0.25) is 5.21 Å². The second-order valence-electron chi connectivity index (χ2n) is 0.994. The standard InChI is InChI=1S/C2H8N2O.HNO3/c1-2-4(3)5;2-1(3)4/h5H,2-3H2,1H3;(H,2,3,4). The number of nitrogens with two attached hydrogens (primary N) is 1. The maximum Gasteiger partial charge on any atom is 0.291 e. The molecule has 0 aromatic rings. The second-order valence-corrected chi connectivity index (χ2v) is 0.994. The Kier molecular flexibility index (Phi) is 8.62. The zero-order valence-electron chi connectivity index (χ0n) is 4.89. The second kappa shape index (κ2) is 7.08. The summed E-state index contributed by atoms with van der Waals surface area (Å²) in [6, 6.07) is 0. The van der Waals surface area contributed by atoms with Gasteiger partial charge in [-0.2, -0.15) is 0 Å². The third-order valence-electron chi connectivity index (χ3n) is 0.324. The molecule has 56 valence electrons. The van der Waals surface area contributed by atoms with Crippen molar-refractivity contribution in [2.45, 2.75) is 6.92 Å². The molecule has 0 aliphatic rings. The molecule has 0 atom stereocenters. The molecule has 0 radical (unpaired) electrons. The molecule has 0 rings (SSSR count). The van der Waals surface area contributed by atoms with Gasteiger partial charge in [-0.1, -0.05) is 0 Å². The summed E-state index contributed by atoms with van der Waals surface area (Å²) >= 11 is 0. The van der Waals surface area contributed by atoms with Crippen LogP contribution in [0, 0.1) is 10.1 Å².